The van der Waals surface area contributed by atoms with Gasteiger partial charge >= 0.3 is 0 Å². The molecule has 44 valence electrons. The minimum Gasteiger partial charge on any atom is -0.391 e. The number of thiophene rings is 1. The number of nitrogens with two attached hydrogens (primary N) is 1. The summed E-state index contributed by atoms with van der Waals surface area (Å²) in [5.74, 6) is 0. The number of rotatable bonds is 0. The molecule has 0 bridgehead atoms. The van der Waals surface area contributed by atoms with Gasteiger partial charge in [0, 0.05) is 9.35 Å². The average molecular weight is 192 g/mol. The second-order valence-electron chi connectivity index (χ2n) is 1.55. The van der Waals surface area contributed by atoms with Crippen LogP contribution in [0.1, 0.15) is 4.88 Å². The van der Waals surface area contributed by atoms with E-state index in [4.69, 9.17) is 5.73 Å². The number of hydrogen-bond acceptors (Lipinski definition) is 2. The minimum absolute atomic E-state index is 0.870. The molecule has 0 amide bonds. The molecule has 0 atom stereocenters. The zero-order valence-corrected chi connectivity index (χ0v) is 6.84. The van der Waals surface area contributed by atoms with Crippen molar-refractivity contribution in [3.63, 3.8) is 0 Å². The summed E-state index contributed by atoms with van der Waals surface area (Å²) in [5.41, 5.74) is 5.47. The Morgan fingerprint density at radius 1 is 1.75 bits per heavy atom. The van der Waals surface area contributed by atoms with Gasteiger partial charge in [0.05, 0.1) is 5.00 Å². The molecule has 0 saturated heterocycles. The van der Waals surface area contributed by atoms with Crippen LogP contribution in [-0.2, 0) is 0 Å². The fourth-order valence-corrected chi connectivity index (χ4v) is 1.81. The van der Waals surface area contributed by atoms with E-state index < -0.39 is 0 Å². The van der Waals surface area contributed by atoms with Crippen LogP contribution in [0.15, 0.2) is 10.5 Å². The first-order valence-electron chi connectivity index (χ1n) is 2.21. The maximum Gasteiger partial charge on any atom is 0.0870 e. The number of nitrogen functional groups attached to an aromatic ring is 1. The molecule has 8 heavy (non-hydrogen) atoms. The fraction of sp³-hybridized carbons (Fsp3) is 0.200. The second kappa shape index (κ2) is 2.07. The lowest BCUT2D eigenvalue weighted by atomic mass is 10.5. The predicted octanol–water partition coefficient (Wildman–Crippen LogP) is 2.40. The molecule has 1 heterocycles. The lowest BCUT2D eigenvalue weighted by molar-refractivity contribution is 1.59. The molecule has 3 heteroatoms. The Morgan fingerprint density at radius 2 is 2.38 bits per heavy atom. The van der Waals surface area contributed by atoms with Crippen LogP contribution >= 0.6 is 27.3 Å². The monoisotopic (exact) mass is 191 g/mol. The minimum atomic E-state index is 0.870. The Labute approximate surface area is 60.6 Å². The van der Waals surface area contributed by atoms with Crippen LogP contribution in [0, 0.1) is 6.92 Å². The highest BCUT2D eigenvalue weighted by atomic mass is 79.9. The Kier molecular flexibility index (Phi) is 1.58. The van der Waals surface area contributed by atoms with Crippen molar-refractivity contribution < 1.29 is 0 Å². The molecular weight excluding hydrogens is 186 g/mol. The summed E-state index contributed by atoms with van der Waals surface area (Å²) >= 11 is 4.95. The molecule has 0 aromatic carbocycles. The zero-order valence-electron chi connectivity index (χ0n) is 4.44. The van der Waals surface area contributed by atoms with E-state index in [2.05, 4.69) is 15.9 Å². The third-order valence-corrected chi connectivity index (χ3v) is 2.84. The van der Waals surface area contributed by atoms with Gasteiger partial charge in [-0.15, -0.1) is 11.3 Å². The summed E-state index contributed by atoms with van der Waals surface area (Å²) < 4.78 is 1.11. The maximum atomic E-state index is 5.47. The molecule has 0 spiro atoms. The lowest BCUT2D eigenvalue weighted by Crippen LogP contribution is -1.72. The molecule has 0 aliphatic carbocycles. The third kappa shape index (κ3) is 1.03. The van der Waals surface area contributed by atoms with Gasteiger partial charge in [-0.2, -0.15) is 0 Å². The van der Waals surface area contributed by atoms with E-state index in [1.54, 1.807) is 11.3 Å². The molecule has 0 saturated carbocycles. The van der Waals surface area contributed by atoms with Gasteiger partial charge in [-0.3, -0.25) is 0 Å². The van der Waals surface area contributed by atoms with Gasteiger partial charge in [-0.05, 0) is 28.9 Å². The average Bonchev–Trinajstić information content (AvgIpc) is 1.85. The number of aryl methyl sites for hydroxylation is 1. The van der Waals surface area contributed by atoms with Gasteiger partial charge < -0.3 is 5.73 Å². The van der Waals surface area contributed by atoms with Gasteiger partial charge in [0.15, 0.2) is 0 Å². The highest BCUT2D eigenvalue weighted by molar-refractivity contribution is 9.10. The van der Waals surface area contributed by atoms with Crippen LogP contribution in [0.4, 0.5) is 5.00 Å². The smallest absolute Gasteiger partial charge is 0.0870 e. The standard InChI is InChI=1S/C5H6BrNS/c1-3-4(6)2-5(7)8-3/h2H,7H2,1H3. The van der Waals surface area contributed by atoms with Crippen LogP contribution < -0.4 is 5.73 Å². The van der Waals surface area contributed by atoms with E-state index in [-0.39, 0.29) is 0 Å². The second-order valence-corrected chi connectivity index (χ2v) is 3.70. The quantitative estimate of drug-likeness (QED) is 0.671. The summed E-state index contributed by atoms with van der Waals surface area (Å²) in [6.07, 6.45) is 0. The molecule has 0 unspecified atom stereocenters. The van der Waals surface area contributed by atoms with Crippen LogP contribution in [0.5, 0.6) is 0 Å². The fourth-order valence-electron chi connectivity index (χ4n) is 0.482. The van der Waals surface area contributed by atoms with Crippen LogP contribution in [0.25, 0.3) is 0 Å². The lowest BCUT2D eigenvalue weighted by Gasteiger charge is -1.77. The van der Waals surface area contributed by atoms with E-state index in [0.717, 1.165) is 9.47 Å². The molecule has 2 N–H and O–H groups in total. The number of hydrogen-bond donors (Lipinski definition) is 1. The van der Waals surface area contributed by atoms with Crippen molar-refractivity contribution in [2.24, 2.45) is 0 Å². The first-order valence-corrected chi connectivity index (χ1v) is 3.82. The summed E-state index contributed by atoms with van der Waals surface area (Å²) in [4.78, 5) is 1.24. The van der Waals surface area contributed by atoms with Crippen molar-refractivity contribution in [3.05, 3.63) is 15.4 Å². The number of halogens is 1. The molecule has 1 rings (SSSR count). The highest BCUT2D eigenvalue weighted by Crippen LogP contribution is 2.27. The topological polar surface area (TPSA) is 26.0 Å². The summed E-state index contributed by atoms with van der Waals surface area (Å²) in [7, 11) is 0. The van der Waals surface area contributed by atoms with E-state index >= 15 is 0 Å². The maximum absolute atomic E-state index is 5.47. The molecule has 1 nitrogen and oxygen atoms in total. The molecule has 0 aliphatic rings. The molecule has 1 aromatic heterocycles. The van der Waals surface area contributed by atoms with Crippen LogP contribution in [-0.4, -0.2) is 0 Å². The Morgan fingerprint density at radius 3 is 2.50 bits per heavy atom. The van der Waals surface area contributed by atoms with Gasteiger partial charge in [0.25, 0.3) is 0 Å². The molecule has 0 aliphatic heterocycles. The Balaban J connectivity index is 3.14. The van der Waals surface area contributed by atoms with Gasteiger partial charge in [-0.1, -0.05) is 0 Å². The predicted molar refractivity (Wildman–Crippen MR) is 41.2 cm³/mol. The van der Waals surface area contributed by atoms with Gasteiger partial charge in [0.2, 0.25) is 0 Å². The zero-order chi connectivity index (χ0) is 6.15. The first kappa shape index (κ1) is 6.11. The van der Waals surface area contributed by atoms with Crippen molar-refractivity contribution in [2.45, 2.75) is 6.92 Å². The summed E-state index contributed by atoms with van der Waals surface area (Å²) in [6.45, 7) is 2.03. The van der Waals surface area contributed by atoms with Crippen molar-refractivity contribution >= 4 is 32.3 Å². The Hall–Kier alpha value is -0.0200. The van der Waals surface area contributed by atoms with E-state index in [9.17, 15) is 0 Å². The molecule has 1 aromatic rings. The van der Waals surface area contributed by atoms with E-state index in [1.165, 1.54) is 4.88 Å². The van der Waals surface area contributed by atoms with Gasteiger partial charge in [-0.25, -0.2) is 0 Å². The van der Waals surface area contributed by atoms with Crippen molar-refractivity contribution in [1.82, 2.24) is 0 Å². The Bertz CT molecular complexity index is 175. The summed E-state index contributed by atoms with van der Waals surface area (Å²) in [5, 5.41) is 0.870. The third-order valence-electron chi connectivity index (χ3n) is 0.876. The number of anilines is 1. The van der Waals surface area contributed by atoms with Crippen molar-refractivity contribution in [3.8, 4) is 0 Å². The van der Waals surface area contributed by atoms with Crippen molar-refractivity contribution in [2.75, 3.05) is 5.73 Å². The SMILES string of the molecule is Cc1sc(N)cc1Br. The molecular formula is C5H6BrNS. The van der Waals surface area contributed by atoms with Crippen LogP contribution in [0.3, 0.4) is 0 Å². The van der Waals surface area contributed by atoms with Crippen molar-refractivity contribution in [1.29, 1.82) is 0 Å². The molecule has 0 radical (unpaired) electrons. The highest BCUT2D eigenvalue weighted by Gasteiger charge is 1.96. The first-order chi connectivity index (χ1) is 3.70. The largest absolute Gasteiger partial charge is 0.391 e. The molecule has 0 fully saturated rings. The van der Waals surface area contributed by atoms with Gasteiger partial charge in [0.1, 0.15) is 0 Å². The normalized spacial score (nSPS) is 9.75. The van der Waals surface area contributed by atoms with E-state index in [0.29, 0.717) is 0 Å². The van der Waals surface area contributed by atoms with E-state index in [1.807, 2.05) is 13.0 Å². The summed E-state index contributed by atoms with van der Waals surface area (Å²) in [6, 6.07) is 1.92. The van der Waals surface area contributed by atoms with Crippen LogP contribution in [0.2, 0.25) is 0 Å².